The molecule has 3 aromatic rings. The first-order chi connectivity index (χ1) is 14.5. The molecule has 3 rings (SSSR count). The number of hydrogen-bond donors (Lipinski definition) is 2. The van der Waals surface area contributed by atoms with E-state index in [-0.39, 0.29) is 22.5 Å². The number of benzene rings is 1. The maximum atomic E-state index is 12.8. The molecule has 8 nitrogen and oxygen atoms in total. The number of oxime groups is 1. The summed E-state index contributed by atoms with van der Waals surface area (Å²) < 4.78 is 30.4. The van der Waals surface area contributed by atoms with Crippen molar-refractivity contribution in [3.63, 3.8) is 0 Å². The first kappa shape index (κ1) is 23.0. The van der Waals surface area contributed by atoms with E-state index in [1.165, 1.54) is 0 Å². The van der Waals surface area contributed by atoms with Gasteiger partial charge in [0.2, 0.25) is 0 Å². The van der Waals surface area contributed by atoms with Gasteiger partial charge in [-0.25, -0.2) is 13.4 Å². The van der Waals surface area contributed by atoms with Gasteiger partial charge in [0.25, 0.3) is 10.0 Å². The van der Waals surface area contributed by atoms with E-state index in [0.717, 1.165) is 5.56 Å². The van der Waals surface area contributed by atoms with Crippen LogP contribution >= 0.6 is 15.9 Å². The number of hydrogen-bond acceptors (Lipinski definition) is 6. The van der Waals surface area contributed by atoms with Crippen LogP contribution in [0.4, 0.5) is 5.82 Å². The van der Waals surface area contributed by atoms with Gasteiger partial charge >= 0.3 is 0 Å². The summed E-state index contributed by atoms with van der Waals surface area (Å²) >= 11 is 3.42. The topological polar surface area (TPSA) is 109 Å². The van der Waals surface area contributed by atoms with Gasteiger partial charge in [-0.1, -0.05) is 38.1 Å². The maximum Gasteiger partial charge on any atom is 0.263 e. The third-order valence-electron chi connectivity index (χ3n) is 4.68. The van der Waals surface area contributed by atoms with Crippen LogP contribution < -0.4 is 4.72 Å². The Bertz CT molecular complexity index is 1210. The average Bonchev–Trinajstić information content (AvgIpc) is 3.13. The van der Waals surface area contributed by atoms with Gasteiger partial charge < -0.3 is 5.21 Å². The van der Waals surface area contributed by atoms with Gasteiger partial charge in [0.15, 0.2) is 0 Å². The fraction of sp³-hybridized carbons (Fsp3) is 0.286. The zero-order valence-electron chi connectivity index (χ0n) is 17.7. The van der Waals surface area contributed by atoms with Crippen molar-refractivity contribution in [2.75, 3.05) is 4.72 Å². The van der Waals surface area contributed by atoms with Crippen molar-refractivity contribution < 1.29 is 13.6 Å². The minimum atomic E-state index is -3.81. The summed E-state index contributed by atoms with van der Waals surface area (Å²) in [4.78, 5) is 4.56. The zero-order chi connectivity index (χ0) is 22.8. The number of nitrogens with zero attached hydrogens (tertiary/aromatic N) is 4. The van der Waals surface area contributed by atoms with Gasteiger partial charge in [-0.05, 0) is 51.2 Å². The van der Waals surface area contributed by atoms with Crippen molar-refractivity contribution in [3.8, 4) is 0 Å². The van der Waals surface area contributed by atoms with Gasteiger partial charge in [0, 0.05) is 29.7 Å². The van der Waals surface area contributed by atoms with Crippen molar-refractivity contribution >= 4 is 37.5 Å². The molecule has 10 heteroatoms. The zero-order valence-corrected chi connectivity index (χ0v) is 20.1. The van der Waals surface area contributed by atoms with Crippen molar-refractivity contribution in [3.05, 3.63) is 70.1 Å². The molecule has 2 aromatic heterocycles. The summed E-state index contributed by atoms with van der Waals surface area (Å²) in [5.41, 5.74) is 2.49. The predicted molar refractivity (Wildman–Crippen MR) is 123 cm³/mol. The number of nitrogens with one attached hydrogen (secondary N) is 1. The van der Waals surface area contributed by atoms with Crippen LogP contribution in [0, 0.1) is 0 Å². The number of halogens is 1. The van der Waals surface area contributed by atoms with Gasteiger partial charge in [-0.3, -0.25) is 9.40 Å². The van der Waals surface area contributed by atoms with Crippen LogP contribution in [0.5, 0.6) is 0 Å². The fourth-order valence-electron chi connectivity index (χ4n) is 2.92. The molecule has 0 aliphatic carbocycles. The fourth-order valence-corrected chi connectivity index (χ4v) is 4.28. The lowest BCUT2D eigenvalue weighted by atomic mass is 9.87. The molecule has 0 saturated heterocycles. The largest absolute Gasteiger partial charge is 0.411 e. The van der Waals surface area contributed by atoms with Crippen LogP contribution in [-0.2, 0) is 28.9 Å². The minimum Gasteiger partial charge on any atom is -0.411 e. The highest BCUT2D eigenvalue weighted by Gasteiger charge is 2.19. The normalized spacial score (nSPS) is 12.7. The highest BCUT2D eigenvalue weighted by atomic mass is 79.9. The van der Waals surface area contributed by atoms with Crippen molar-refractivity contribution in [2.45, 2.75) is 37.5 Å². The number of anilines is 1. The summed E-state index contributed by atoms with van der Waals surface area (Å²) in [6.45, 7) is 6.20. The van der Waals surface area contributed by atoms with Gasteiger partial charge in [0.1, 0.15) is 5.82 Å². The molecule has 0 fully saturated rings. The molecule has 164 valence electrons. The molecule has 0 bridgehead atoms. The molecule has 2 heterocycles. The van der Waals surface area contributed by atoms with E-state index in [4.69, 9.17) is 0 Å². The van der Waals surface area contributed by atoms with E-state index in [0.29, 0.717) is 21.4 Å². The van der Waals surface area contributed by atoms with Gasteiger partial charge in [-0.2, -0.15) is 5.10 Å². The van der Waals surface area contributed by atoms with E-state index in [1.807, 2.05) is 12.1 Å². The average molecular weight is 506 g/mol. The lowest BCUT2D eigenvalue weighted by Crippen LogP contribution is -2.16. The van der Waals surface area contributed by atoms with Crippen molar-refractivity contribution in [2.24, 2.45) is 12.2 Å². The molecule has 0 aliphatic rings. The summed E-state index contributed by atoms with van der Waals surface area (Å²) in [5, 5.41) is 16.8. The molecule has 0 unspecified atom stereocenters. The third-order valence-corrected chi connectivity index (χ3v) is 6.77. The highest BCUT2D eigenvalue weighted by Crippen LogP contribution is 2.25. The number of sulfonamides is 1. The second-order valence-corrected chi connectivity index (χ2v) is 10.7. The van der Waals surface area contributed by atoms with Crippen LogP contribution in [0.2, 0.25) is 0 Å². The minimum absolute atomic E-state index is 0.0713. The smallest absolute Gasteiger partial charge is 0.263 e. The first-order valence-electron chi connectivity index (χ1n) is 9.48. The molecular formula is C21H24BrN5O3S. The molecule has 0 aliphatic heterocycles. The second kappa shape index (κ2) is 8.80. The van der Waals surface area contributed by atoms with Gasteiger partial charge in [-0.15, -0.1) is 0 Å². The Kier molecular flexibility index (Phi) is 6.51. The number of rotatable bonds is 6. The molecule has 0 atom stereocenters. The Morgan fingerprint density at radius 1 is 1.19 bits per heavy atom. The highest BCUT2D eigenvalue weighted by molar-refractivity contribution is 9.10. The van der Waals surface area contributed by atoms with Crippen molar-refractivity contribution in [1.82, 2.24) is 14.8 Å². The summed E-state index contributed by atoms with van der Waals surface area (Å²) in [5.74, 6) is 0.168. The Balaban J connectivity index is 1.84. The maximum absolute atomic E-state index is 12.8. The van der Waals surface area contributed by atoms with Crippen LogP contribution in [0.25, 0.3) is 0 Å². The van der Waals surface area contributed by atoms with E-state index in [2.05, 4.69) is 56.7 Å². The van der Waals surface area contributed by atoms with Crippen LogP contribution in [-0.4, -0.2) is 34.1 Å². The standard InChI is InChI=1S/C21H24BrN5O3S/c1-21(2,3)15-5-7-16(8-6-15)31(29,30)26-20-10-9-17(22)19(24-20)11-18(25-28)14-12-23-27(4)13-14/h5-10,12-13,28H,11H2,1-4H3,(H,24,26). The summed E-state index contributed by atoms with van der Waals surface area (Å²) in [6, 6.07) is 10.1. The predicted octanol–water partition coefficient (Wildman–Crippen LogP) is 4.10. The van der Waals surface area contributed by atoms with Crippen LogP contribution in [0.15, 0.2) is 63.3 Å². The number of aryl methyl sites for hydroxylation is 1. The molecule has 2 N–H and O–H groups in total. The SMILES string of the molecule is Cn1cc(C(Cc2nc(NS(=O)(=O)c3ccc(C(C)(C)C)cc3)ccc2Br)=NO)cn1. The molecule has 0 amide bonds. The Morgan fingerprint density at radius 2 is 1.87 bits per heavy atom. The van der Waals surface area contributed by atoms with Crippen molar-refractivity contribution in [1.29, 1.82) is 0 Å². The first-order valence-corrected chi connectivity index (χ1v) is 11.8. The number of pyridine rings is 1. The van der Waals surface area contributed by atoms with E-state index in [9.17, 15) is 13.6 Å². The van der Waals surface area contributed by atoms with E-state index >= 15 is 0 Å². The lowest BCUT2D eigenvalue weighted by molar-refractivity contribution is 0.318. The molecule has 1 aromatic carbocycles. The number of aromatic nitrogens is 3. The quantitative estimate of drug-likeness (QED) is 0.297. The molecule has 31 heavy (non-hydrogen) atoms. The lowest BCUT2D eigenvalue weighted by Gasteiger charge is -2.19. The van der Waals surface area contributed by atoms with E-state index in [1.54, 1.807) is 48.4 Å². The molecule has 0 radical (unpaired) electrons. The monoisotopic (exact) mass is 505 g/mol. The molecular weight excluding hydrogens is 482 g/mol. The summed E-state index contributed by atoms with van der Waals surface area (Å²) in [6.07, 6.45) is 3.48. The molecule has 0 spiro atoms. The van der Waals surface area contributed by atoms with Gasteiger partial charge in [0.05, 0.1) is 22.5 Å². The Hall–Kier alpha value is -2.72. The second-order valence-electron chi connectivity index (χ2n) is 8.13. The van der Waals surface area contributed by atoms with Crippen LogP contribution in [0.1, 0.15) is 37.6 Å². The van der Waals surface area contributed by atoms with E-state index < -0.39 is 10.0 Å². The Morgan fingerprint density at radius 3 is 2.42 bits per heavy atom. The Labute approximate surface area is 190 Å². The third kappa shape index (κ3) is 5.50. The molecule has 0 saturated carbocycles. The van der Waals surface area contributed by atoms with Crippen LogP contribution in [0.3, 0.4) is 0 Å². The summed E-state index contributed by atoms with van der Waals surface area (Å²) in [7, 11) is -2.05.